The minimum Gasteiger partial charge on any atom is -0.477 e. The summed E-state index contributed by atoms with van der Waals surface area (Å²) in [5.41, 5.74) is 2.82. The van der Waals surface area contributed by atoms with Gasteiger partial charge in [0, 0.05) is 31.7 Å². The smallest absolute Gasteiger partial charge is 0.347 e. The molecule has 1 aromatic carbocycles. The molecule has 1 aromatic heterocycles. The van der Waals surface area contributed by atoms with Crippen LogP contribution in [0.3, 0.4) is 0 Å². The Morgan fingerprint density at radius 2 is 2.04 bits per heavy atom. The fourth-order valence-electron chi connectivity index (χ4n) is 2.80. The minimum absolute atomic E-state index is 0.242. The minimum atomic E-state index is -0.967. The summed E-state index contributed by atoms with van der Waals surface area (Å²) in [5.74, 6) is -0.967. The summed E-state index contributed by atoms with van der Waals surface area (Å²) < 4.78 is 0. The maximum atomic E-state index is 11.2. The monoisotopic (exact) mass is 342 g/mol. The standard InChI is InChI=1S/C17H18N4O2S/c1-11-15(17(22)23)24-16(19-11)12-3-4-14(13(9-12)10-18)21-7-5-20(2)6-8-21/h3-4,9H,5-8H2,1-2H3,(H,22,23). The van der Waals surface area contributed by atoms with Crippen molar-refractivity contribution in [3.05, 3.63) is 34.3 Å². The summed E-state index contributed by atoms with van der Waals surface area (Å²) >= 11 is 1.14. The third-order valence-electron chi connectivity index (χ3n) is 4.20. The van der Waals surface area contributed by atoms with Gasteiger partial charge in [-0.1, -0.05) is 0 Å². The lowest BCUT2D eigenvalue weighted by Crippen LogP contribution is -2.44. The number of piperazine rings is 1. The first-order valence-electron chi connectivity index (χ1n) is 7.68. The van der Waals surface area contributed by atoms with E-state index < -0.39 is 5.97 Å². The molecule has 1 fully saturated rings. The zero-order chi connectivity index (χ0) is 17.3. The van der Waals surface area contributed by atoms with Crippen LogP contribution in [0, 0.1) is 18.3 Å². The molecule has 6 nitrogen and oxygen atoms in total. The summed E-state index contributed by atoms with van der Waals surface area (Å²) in [4.78, 5) is 20.3. The normalized spacial score (nSPS) is 15.3. The number of hydrogen-bond donors (Lipinski definition) is 1. The molecule has 124 valence electrons. The summed E-state index contributed by atoms with van der Waals surface area (Å²) in [5, 5.41) is 19.3. The van der Waals surface area contributed by atoms with Crippen molar-refractivity contribution in [2.75, 3.05) is 38.1 Å². The number of anilines is 1. The van der Waals surface area contributed by atoms with E-state index in [0.29, 0.717) is 16.3 Å². The Morgan fingerprint density at radius 3 is 2.62 bits per heavy atom. The van der Waals surface area contributed by atoms with Crippen LogP contribution in [0.5, 0.6) is 0 Å². The second-order valence-electron chi connectivity index (χ2n) is 5.87. The van der Waals surface area contributed by atoms with Crippen molar-refractivity contribution in [1.82, 2.24) is 9.88 Å². The van der Waals surface area contributed by atoms with Crippen LogP contribution in [-0.2, 0) is 0 Å². The van der Waals surface area contributed by atoms with Crippen molar-refractivity contribution in [3.63, 3.8) is 0 Å². The van der Waals surface area contributed by atoms with Crippen LogP contribution >= 0.6 is 11.3 Å². The van der Waals surface area contributed by atoms with E-state index in [4.69, 9.17) is 5.11 Å². The van der Waals surface area contributed by atoms with Gasteiger partial charge in [0.05, 0.1) is 16.9 Å². The van der Waals surface area contributed by atoms with Gasteiger partial charge in [0.15, 0.2) is 0 Å². The molecule has 24 heavy (non-hydrogen) atoms. The summed E-state index contributed by atoms with van der Waals surface area (Å²) in [6.45, 7) is 5.42. The highest BCUT2D eigenvalue weighted by Crippen LogP contribution is 2.31. The molecule has 0 aliphatic carbocycles. The van der Waals surface area contributed by atoms with Crippen molar-refractivity contribution >= 4 is 23.0 Å². The average Bonchev–Trinajstić information content (AvgIpc) is 2.97. The van der Waals surface area contributed by atoms with Crippen LogP contribution in [0.4, 0.5) is 5.69 Å². The van der Waals surface area contributed by atoms with Crippen molar-refractivity contribution in [2.45, 2.75) is 6.92 Å². The van der Waals surface area contributed by atoms with Gasteiger partial charge in [0.2, 0.25) is 0 Å². The molecule has 3 rings (SSSR count). The second kappa shape index (κ2) is 6.59. The number of carboxylic acid groups (broad SMARTS) is 1. The first-order chi connectivity index (χ1) is 11.5. The van der Waals surface area contributed by atoms with E-state index in [9.17, 15) is 10.1 Å². The predicted molar refractivity (Wildman–Crippen MR) is 93.7 cm³/mol. The van der Waals surface area contributed by atoms with Gasteiger partial charge in [0.25, 0.3) is 0 Å². The van der Waals surface area contributed by atoms with Crippen molar-refractivity contribution < 1.29 is 9.90 Å². The quantitative estimate of drug-likeness (QED) is 0.923. The maximum absolute atomic E-state index is 11.2. The number of nitrogens with zero attached hydrogens (tertiary/aromatic N) is 4. The van der Waals surface area contributed by atoms with Gasteiger partial charge in [-0.05, 0) is 32.2 Å². The van der Waals surface area contributed by atoms with Gasteiger partial charge in [-0.25, -0.2) is 9.78 Å². The number of likely N-dealkylation sites (N-methyl/N-ethyl adjacent to an activating group) is 1. The van der Waals surface area contributed by atoms with E-state index in [0.717, 1.165) is 48.8 Å². The van der Waals surface area contributed by atoms with Gasteiger partial charge >= 0.3 is 5.97 Å². The Hall–Kier alpha value is -2.43. The van der Waals surface area contributed by atoms with E-state index in [1.165, 1.54) is 0 Å². The van der Waals surface area contributed by atoms with E-state index >= 15 is 0 Å². The summed E-state index contributed by atoms with van der Waals surface area (Å²) in [7, 11) is 2.09. The molecule has 0 amide bonds. The average molecular weight is 342 g/mol. The molecule has 1 N–H and O–H groups in total. The maximum Gasteiger partial charge on any atom is 0.347 e. The molecule has 0 saturated carbocycles. The number of hydrogen-bond acceptors (Lipinski definition) is 6. The van der Waals surface area contributed by atoms with Gasteiger partial charge in [0.1, 0.15) is 16.0 Å². The van der Waals surface area contributed by atoms with Crippen LogP contribution in [-0.4, -0.2) is 54.2 Å². The van der Waals surface area contributed by atoms with Crippen LogP contribution in [0.2, 0.25) is 0 Å². The number of nitriles is 1. The first kappa shape index (κ1) is 16.4. The van der Waals surface area contributed by atoms with Gasteiger partial charge < -0.3 is 14.9 Å². The lowest BCUT2D eigenvalue weighted by atomic mass is 10.1. The molecule has 1 aliphatic rings. The number of benzene rings is 1. The zero-order valence-corrected chi connectivity index (χ0v) is 14.4. The van der Waals surface area contributed by atoms with Crippen LogP contribution in [0.15, 0.2) is 18.2 Å². The largest absolute Gasteiger partial charge is 0.477 e. The van der Waals surface area contributed by atoms with Crippen LogP contribution in [0.1, 0.15) is 20.9 Å². The highest BCUT2D eigenvalue weighted by Gasteiger charge is 2.19. The summed E-state index contributed by atoms with van der Waals surface area (Å²) in [6.07, 6.45) is 0. The van der Waals surface area contributed by atoms with E-state index in [1.807, 2.05) is 12.1 Å². The molecule has 0 unspecified atom stereocenters. The number of carboxylic acids is 1. The third-order valence-corrected chi connectivity index (χ3v) is 5.39. The molecule has 1 saturated heterocycles. The fraction of sp³-hybridized carbons (Fsp3) is 0.353. The number of aryl methyl sites for hydroxylation is 1. The highest BCUT2D eigenvalue weighted by atomic mass is 32.1. The number of rotatable bonds is 3. The third kappa shape index (κ3) is 3.11. The molecule has 2 aromatic rings. The molecule has 0 bridgehead atoms. The van der Waals surface area contributed by atoms with E-state index in [2.05, 4.69) is 27.9 Å². The topological polar surface area (TPSA) is 80.5 Å². The van der Waals surface area contributed by atoms with Gasteiger partial charge in [-0.3, -0.25) is 0 Å². The zero-order valence-electron chi connectivity index (χ0n) is 13.6. The predicted octanol–water partition coefficient (Wildman–Crippen LogP) is 2.44. The molecule has 0 radical (unpaired) electrons. The second-order valence-corrected chi connectivity index (χ2v) is 6.87. The summed E-state index contributed by atoms with van der Waals surface area (Å²) in [6, 6.07) is 7.92. The lowest BCUT2D eigenvalue weighted by Gasteiger charge is -2.34. The Balaban J connectivity index is 1.94. The van der Waals surface area contributed by atoms with E-state index in [1.54, 1.807) is 13.0 Å². The van der Waals surface area contributed by atoms with Gasteiger partial charge in [-0.15, -0.1) is 11.3 Å². The number of aromatic nitrogens is 1. The Kier molecular flexibility index (Phi) is 4.51. The number of thiazole rings is 1. The fourth-order valence-corrected chi connectivity index (χ4v) is 3.70. The lowest BCUT2D eigenvalue weighted by molar-refractivity contribution is 0.0701. The number of aromatic carboxylic acids is 1. The molecule has 0 spiro atoms. The molecule has 2 heterocycles. The Bertz CT molecular complexity index is 816. The van der Waals surface area contributed by atoms with Gasteiger partial charge in [-0.2, -0.15) is 5.26 Å². The first-order valence-corrected chi connectivity index (χ1v) is 8.50. The molecule has 0 atom stereocenters. The van der Waals surface area contributed by atoms with E-state index in [-0.39, 0.29) is 4.88 Å². The molecular formula is C17H18N4O2S. The van der Waals surface area contributed by atoms with Crippen LogP contribution < -0.4 is 4.90 Å². The van der Waals surface area contributed by atoms with Crippen LogP contribution in [0.25, 0.3) is 10.6 Å². The highest BCUT2D eigenvalue weighted by molar-refractivity contribution is 7.17. The Morgan fingerprint density at radius 1 is 1.33 bits per heavy atom. The SMILES string of the molecule is Cc1nc(-c2ccc(N3CCN(C)CC3)c(C#N)c2)sc1C(=O)O. The Labute approximate surface area is 144 Å². The van der Waals surface area contributed by atoms with Crippen molar-refractivity contribution in [1.29, 1.82) is 5.26 Å². The van der Waals surface area contributed by atoms with Crippen molar-refractivity contribution in [3.8, 4) is 16.6 Å². The number of carbonyl (C=O) groups is 1. The molecule has 7 heteroatoms. The molecular weight excluding hydrogens is 324 g/mol. The molecule has 1 aliphatic heterocycles. The van der Waals surface area contributed by atoms with Crippen molar-refractivity contribution in [2.24, 2.45) is 0 Å².